The van der Waals surface area contributed by atoms with Crippen LogP contribution in [0.4, 0.5) is 11.4 Å². The van der Waals surface area contributed by atoms with Gasteiger partial charge in [-0.15, -0.1) is 0 Å². The van der Waals surface area contributed by atoms with Crippen LogP contribution in [0.2, 0.25) is 0 Å². The summed E-state index contributed by atoms with van der Waals surface area (Å²) in [6.45, 7) is 5.54. The molecule has 1 N–H and O–H groups in total. The maximum atomic E-state index is 13.7. The molecule has 0 saturated carbocycles. The fourth-order valence-electron chi connectivity index (χ4n) is 4.43. The number of nitrogens with zero attached hydrogens (tertiary/aromatic N) is 2. The third-order valence-electron chi connectivity index (χ3n) is 6.50. The lowest BCUT2D eigenvalue weighted by atomic mass is 10.0. The lowest BCUT2D eigenvalue weighted by Crippen LogP contribution is -2.37. The molecular formula is C29H27N3O3. The minimum absolute atomic E-state index is 0.279. The van der Waals surface area contributed by atoms with Gasteiger partial charge in [-0.2, -0.15) is 0 Å². The molecule has 0 aliphatic carbocycles. The third kappa shape index (κ3) is 4.35. The normalized spacial score (nSPS) is 13.4. The van der Waals surface area contributed by atoms with E-state index in [0.29, 0.717) is 5.56 Å². The fourth-order valence-corrected chi connectivity index (χ4v) is 4.43. The van der Waals surface area contributed by atoms with Crippen LogP contribution in [0.5, 0.6) is 0 Å². The number of H-pyrrole nitrogens is 1. The molecule has 0 radical (unpaired) electrons. The van der Waals surface area contributed by atoms with E-state index in [1.54, 1.807) is 24.0 Å². The second-order valence-corrected chi connectivity index (χ2v) is 8.85. The van der Waals surface area contributed by atoms with Crippen LogP contribution < -0.4 is 4.90 Å². The van der Waals surface area contributed by atoms with Crippen LogP contribution in [0.25, 0.3) is 11.4 Å². The number of imidazole rings is 1. The van der Waals surface area contributed by atoms with E-state index in [2.05, 4.69) is 9.97 Å². The Morgan fingerprint density at radius 3 is 2.00 bits per heavy atom. The average Bonchev–Trinajstić information content (AvgIpc) is 3.12. The van der Waals surface area contributed by atoms with Crippen molar-refractivity contribution in [2.45, 2.75) is 39.7 Å². The van der Waals surface area contributed by atoms with Crippen LogP contribution in [-0.2, 0) is 22.4 Å². The predicted octanol–water partition coefficient (Wildman–Crippen LogP) is 5.70. The lowest BCUT2D eigenvalue weighted by Gasteiger charge is -2.27. The van der Waals surface area contributed by atoms with Crippen molar-refractivity contribution in [3.8, 4) is 11.4 Å². The number of rotatable bonds is 4. The summed E-state index contributed by atoms with van der Waals surface area (Å²) in [4.78, 5) is 36.0. The number of para-hydroxylation sites is 2. The molecule has 1 aliphatic rings. The Labute approximate surface area is 204 Å². The van der Waals surface area contributed by atoms with Crippen molar-refractivity contribution in [3.63, 3.8) is 0 Å². The van der Waals surface area contributed by atoms with E-state index >= 15 is 0 Å². The zero-order valence-corrected chi connectivity index (χ0v) is 20.0. The molecular weight excluding hydrogens is 438 g/mol. The van der Waals surface area contributed by atoms with Gasteiger partial charge in [0.15, 0.2) is 6.10 Å². The number of carbonyl (C=O) groups excluding carboxylic acids is 2. The molecule has 5 rings (SSSR count). The van der Waals surface area contributed by atoms with E-state index in [1.165, 1.54) is 0 Å². The Kier molecular flexibility index (Phi) is 5.95. The molecule has 2 heterocycles. The highest BCUT2D eigenvalue weighted by Crippen LogP contribution is 2.36. The molecule has 1 aromatic heterocycles. The number of aryl methyl sites for hydroxylation is 4. The van der Waals surface area contributed by atoms with Crippen molar-refractivity contribution in [1.29, 1.82) is 0 Å². The zero-order chi connectivity index (χ0) is 24.5. The number of anilines is 2. The molecule has 6 nitrogen and oxygen atoms in total. The largest absolute Gasteiger partial charge is 0.449 e. The van der Waals surface area contributed by atoms with Gasteiger partial charge in [0.05, 0.1) is 22.6 Å². The fraction of sp³-hybridized carbons (Fsp3) is 0.207. The second-order valence-electron chi connectivity index (χ2n) is 8.85. The van der Waals surface area contributed by atoms with Gasteiger partial charge in [0.2, 0.25) is 0 Å². The number of benzene rings is 3. The monoisotopic (exact) mass is 465 g/mol. The summed E-state index contributed by atoms with van der Waals surface area (Å²) in [5.41, 5.74) is 7.05. The Hall–Kier alpha value is -4.19. The van der Waals surface area contributed by atoms with Gasteiger partial charge in [-0.3, -0.25) is 9.69 Å². The van der Waals surface area contributed by atoms with Gasteiger partial charge < -0.3 is 9.72 Å². The quantitative estimate of drug-likeness (QED) is 0.392. The van der Waals surface area contributed by atoms with E-state index in [1.807, 2.05) is 74.5 Å². The second kappa shape index (κ2) is 9.22. The first kappa shape index (κ1) is 22.6. The smallest absolute Gasteiger partial charge is 0.338 e. The topological polar surface area (TPSA) is 75.3 Å². The summed E-state index contributed by atoms with van der Waals surface area (Å²) in [5, 5.41) is 0. The average molecular weight is 466 g/mol. The Balaban J connectivity index is 1.37. The summed E-state index contributed by atoms with van der Waals surface area (Å²) in [6.07, 6.45) is 0.718. The SMILES string of the molecule is Cc1nc(-c2ccc(C(=O)OC(C)C(=O)N3c4ccccc4CCc4ccccc43)cc2)[nH]c1C. The van der Waals surface area contributed by atoms with Crippen LogP contribution in [0.1, 0.15) is 39.8 Å². The summed E-state index contributed by atoms with van der Waals surface area (Å²) >= 11 is 0. The summed E-state index contributed by atoms with van der Waals surface area (Å²) in [5.74, 6) is -0.0686. The number of ether oxygens (including phenoxy) is 1. The van der Waals surface area contributed by atoms with E-state index in [0.717, 1.165) is 58.1 Å². The lowest BCUT2D eigenvalue weighted by molar-refractivity contribution is -0.125. The number of aromatic nitrogens is 2. The molecule has 1 aliphatic heterocycles. The van der Waals surface area contributed by atoms with Crippen LogP contribution >= 0.6 is 0 Å². The van der Waals surface area contributed by atoms with Crippen molar-refractivity contribution in [3.05, 3.63) is 101 Å². The zero-order valence-electron chi connectivity index (χ0n) is 20.0. The molecule has 4 aromatic rings. The number of esters is 1. The first-order valence-electron chi connectivity index (χ1n) is 11.8. The molecule has 1 amide bonds. The van der Waals surface area contributed by atoms with Crippen molar-refractivity contribution in [2.24, 2.45) is 0 Å². The summed E-state index contributed by atoms with van der Waals surface area (Å²) in [7, 11) is 0. The maximum Gasteiger partial charge on any atom is 0.338 e. The maximum absolute atomic E-state index is 13.7. The van der Waals surface area contributed by atoms with Crippen LogP contribution in [0.3, 0.4) is 0 Å². The molecule has 0 fully saturated rings. The highest BCUT2D eigenvalue weighted by Gasteiger charge is 2.31. The van der Waals surface area contributed by atoms with E-state index in [4.69, 9.17) is 4.74 Å². The summed E-state index contributed by atoms with van der Waals surface area (Å²) < 4.78 is 5.64. The van der Waals surface area contributed by atoms with Gasteiger partial charge in [-0.05, 0) is 69.0 Å². The van der Waals surface area contributed by atoms with Gasteiger partial charge in [0.1, 0.15) is 5.82 Å². The number of fused-ring (bicyclic) bond motifs is 2. The van der Waals surface area contributed by atoms with Gasteiger partial charge in [0.25, 0.3) is 5.91 Å². The number of carbonyl (C=O) groups is 2. The third-order valence-corrected chi connectivity index (χ3v) is 6.50. The molecule has 0 spiro atoms. The number of nitrogens with one attached hydrogen (secondary N) is 1. The first-order valence-corrected chi connectivity index (χ1v) is 11.8. The van der Waals surface area contributed by atoms with Crippen LogP contribution in [-0.4, -0.2) is 27.9 Å². The molecule has 0 saturated heterocycles. The van der Waals surface area contributed by atoms with Crippen LogP contribution in [0, 0.1) is 13.8 Å². The molecule has 1 atom stereocenters. The Morgan fingerprint density at radius 2 is 1.46 bits per heavy atom. The number of amides is 1. The van der Waals surface area contributed by atoms with Crippen molar-refractivity contribution in [1.82, 2.24) is 9.97 Å². The van der Waals surface area contributed by atoms with E-state index in [-0.39, 0.29) is 5.91 Å². The highest BCUT2D eigenvalue weighted by atomic mass is 16.5. The van der Waals surface area contributed by atoms with Gasteiger partial charge in [-0.25, -0.2) is 9.78 Å². The number of aromatic amines is 1. The van der Waals surface area contributed by atoms with E-state index < -0.39 is 12.1 Å². The molecule has 3 aromatic carbocycles. The highest BCUT2D eigenvalue weighted by molar-refractivity contribution is 6.05. The van der Waals surface area contributed by atoms with Crippen LogP contribution in [0.15, 0.2) is 72.8 Å². The van der Waals surface area contributed by atoms with Crippen molar-refractivity contribution < 1.29 is 14.3 Å². The van der Waals surface area contributed by atoms with Gasteiger partial charge >= 0.3 is 5.97 Å². The predicted molar refractivity (Wildman–Crippen MR) is 136 cm³/mol. The molecule has 0 bridgehead atoms. The molecule has 176 valence electrons. The Morgan fingerprint density at radius 1 is 0.886 bits per heavy atom. The standard InChI is InChI=1S/C29H27N3O3/c1-18-19(2)31-27(30-18)23-14-16-24(17-15-23)29(34)35-20(3)28(33)32-25-10-6-4-8-21(25)12-13-22-9-5-7-11-26(22)32/h4-11,14-17,20H,12-13H2,1-3H3,(H,30,31). The van der Waals surface area contributed by atoms with Crippen molar-refractivity contribution >= 4 is 23.3 Å². The molecule has 1 unspecified atom stereocenters. The number of hydrogen-bond acceptors (Lipinski definition) is 4. The first-order chi connectivity index (χ1) is 16.9. The van der Waals surface area contributed by atoms with E-state index in [9.17, 15) is 9.59 Å². The molecule has 6 heteroatoms. The minimum Gasteiger partial charge on any atom is -0.449 e. The number of hydrogen-bond donors (Lipinski definition) is 1. The minimum atomic E-state index is -0.961. The Bertz CT molecular complexity index is 1340. The van der Waals surface area contributed by atoms with Crippen molar-refractivity contribution in [2.75, 3.05) is 4.90 Å². The van der Waals surface area contributed by atoms with Gasteiger partial charge in [-0.1, -0.05) is 48.5 Å². The van der Waals surface area contributed by atoms with Gasteiger partial charge in [0, 0.05) is 11.3 Å². The summed E-state index contributed by atoms with van der Waals surface area (Å²) in [6, 6.07) is 22.8. The molecule has 35 heavy (non-hydrogen) atoms.